The third-order valence-corrected chi connectivity index (χ3v) is 1.42. The Bertz CT molecular complexity index is 334. The van der Waals surface area contributed by atoms with Crippen molar-refractivity contribution >= 4 is 5.78 Å². The van der Waals surface area contributed by atoms with Gasteiger partial charge in [-0.3, -0.25) is 4.79 Å². The van der Waals surface area contributed by atoms with Crippen molar-refractivity contribution in [2.24, 2.45) is 0 Å². The van der Waals surface area contributed by atoms with Gasteiger partial charge in [-0.1, -0.05) is 5.57 Å². The van der Waals surface area contributed by atoms with E-state index >= 15 is 0 Å². The Balaban J connectivity index is 2.90. The number of aryl methyl sites for hydroxylation is 1. The molecule has 0 N–H and O–H groups in total. The van der Waals surface area contributed by atoms with Gasteiger partial charge in [-0.2, -0.15) is 0 Å². The van der Waals surface area contributed by atoms with Crippen LogP contribution in [0.3, 0.4) is 0 Å². The van der Waals surface area contributed by atoms with E-state index in [9.17, 15) is 4.79 Å². The van der Waals surface area contributed by atoms with E-state index in [4.69, 9.17) is 0 Å². The van der Waals surface area contributed by atoms with Crippen molar-refractivity contribution in [3.05, 3.63) is 35.4 Å². The van der Waals surface area contributed by atoms with E-state index in [0.29, 0.717) is 0 Å². The first-order valence-corrected chi connectivity index (χ1v) is 4.07. The Morgan fingerprint density at radius 1 is 1.31 bits per heavy atom. The van der Waals surface area contributed by atoms with Crippen LogP contribution in [0.5, 0.6) is 0 Å². The van der Waals surface area contributed by atoms with Gasteiger partial charge in [0.15, 0.2) is 5.82 Å². The van der Waals surface area contributed by atoms with Gasteiger partial charge in [-0.05, 0) is 32.4 Å². The van der Waals surface area contributed by atoms with Gasteiger partial charge in [0, 0.05) is 12.4 Å². The molecule has 13 heavy (non-hydrogen) atoms. The molecule has 0 unspecified atom stereocenters. The Kier molecular flexibility index (Phi) is 2.90. The van der Waals surface area contributed by atoms with Gasteiger partial charge in [0.25, 0.3) is 0 Å². The highest BCUT2D eigenvalue weighted by Crippen LogP contribution is 1.98. The summed E-state index contributed by atoms with van der Waals surface area (Å²) in [5.41, 5.74) is 1.91. The molecule has 3 heteroatoms. The number of hydrogen-bond acceptors (Lipinski definition) is 3. The lowest BCUT2D eigenvalue weighted by atomic mass is 10.2. The Morgan fingerprint density at radius 2 is 1.85 bits per heavy atom. The molecule has 3 nitrogen and oxygen atoms in total. The monoisotopic (exact) mass is 176 g/mol. The number of carbonyl (C=O) groups excluding carboxylic acids is 1. The van der Waals surface area contributed by atoms with E-state index in [2.05, 4.69) is 9.97 Å². The van der Waals surface area contributed by atoms with Crippen LogP contribution in [0, 0.1) is 6.92 Å². The van der Waals surface area contributed by atoms with Crippen molar-refractivity contribution in [3.8, 4) is 0 Å². The SMILES string of the molecule is CC(C)=CC(=O)c1ncc(C)cn1. The summed E-state index contributed by atoms with van der Waals surface area (Å²) in [6, 6.07) is 0. The van der Waals surface area contributed by atoms with Crippen molar-refractivity contribution in [1.29, 1.82) is 0 Å². The lowest BCUT2D eigenvalue weighted by Gasteiger charge is -1.95. The summed E-state index contributed by atoms with van der Waals surface area (Å²) in [5, 5.41) is 0. The van der Waals surface area contributed by atoms with Gasteiger partial charge in [-0.25, -0.2) is 9.97 Å². The predicted molar refractivity (Wildman–Crippen MR) is 50.5 cm³/mol. The molecule has 0 aliphatic rings. The largest absolute Gasteiger partial charge is 0.286 e. The fourth-order valence-corrected chi connectivity index (χ4v) is 0.847. The van der Waals surface area contributed by atoms with Gasteiger partial charge in [0.05, 0.1) is 0 Å². The van der Waals surface area contributed by atoms with Crippen LogP contribution in [-0.4, -0.2) is 15.8 Å². The van der Waals surface area contributed by atoms with Gasteiger partial charge < -0.3 is 0 Å². The standard InChI is InChI=1S/C10H12N2O/c1-7(2)4-9(13)10-11-5-8(3)6-12-10/h4-6H,1-3H3. The van der Waals surface area contributed by atoms with Gasteiger partial charge >= 0.3 is 0 Å². The van der Waals surface area contributed by atoms with Crippen LogP contribution in [0.25, 0.3) is 0 Å². The maximum absolute atomic E-state index is 11.4. The highest BCUT2D eigenvalue weighted by Gasteiger charge is 2.04. The van der Waals surface area contributed by atoms with Gasteiger partial charge in [0.1, 0.15) is 0 Å². The summed E-state index contributed by atoms with van der Waals surface area (Å²) in [6.45, 7) is 5.62. The molecule has 0 saturated heterocycles. The van der Waals surface area contributed by atoms with E-state index in [1.54, 1.807) is 12.4 Å². The first-order valence-electron chi connectivity index (χ1n) is 4.07. The minimum absolute atomic E-state index is 0.139. The van der Waals surface area contributed by atoms with E-state index in [1.165, 1.54) is 6.08 Å². The van der Waals surface area contributed by atoms with E-state index in [0.717, 1.165) is 11.1 Å². The van der Waals surface area contributed by atoms with E-state index < -0.39 is 0 Å². The van der Waals surface area contributed by atoms with Crippen LogP contribution in [-0.2, 0) is 0 Å². The molecule has 0 saturated carbocycles. The highest BCUT2D eigenvalue weighted by atomic mass is 16.1. The number of aromatic nitrogens is 2. The van der Waals surface area contributed by atoms with Crippen LogP contribution in [0.4, 0.5) is 0 Å². The van der Waals surface area contributed by atoms with Crippen LogP contribution in [0.15, 0.2) is 24.0 Å². The van der Waals surface area contributed by atoms with Gasteiger partial charge in [0.2, 0.25) is 5.78 Å². The molecule has 0 aliphatic heterocycles. The molecule has 0 fully saturated rings. The quantitative estimate of drug-likeness (QED) is 0.510. The zero-order chi connectivity index (χ0) is 9.84. The van der Waals surface area contributed by atoms with Crippen LogP contribution < -0.4 is 0 Å². The molecule has 0 radical (unpaired) electrons. The molecule has 0 bridgehead atoms. The Morgan fingerprint density at radius 3 is 2.31 bits per heavy atom. The van der Waals surface area contributed by atoms with E-state index in [1.807, 2.05) is 20.8 Å². The third kappa shape index (κ3) is 2.78. The zero-order valence-corrected chi connectivity index (χ0v) is 8.03. The number of hydrogen-bond donors (Lipinski definition) is 0. The number of nitrogens with zero attached hydrogens (tertiary/aromatic N) is 2. The van der Waals surface area contributed by atoms with Crippen molar-refractivity contribution in [1.82, 2.24) is 9.97 Å². The number of rotatable bonds is 2. The average Bonchev–Trinajstić information content (AvgIpc) is 2.04. The molecule has 0 aromatic carbocycles. The Hall–Kier alpha value is -1.51. The van der Waals surface area contributed by atoms with Crippen molar-refractivity contribution < 1.29 is 4.79 Å². The molecule has 0 atom stereocenters. The normalized spacial score (nSPS) is 9.46. The van der Waals surface area contributed by atoms with Crippen LogP contribution in [0.1, 0.15) is 30.0 Å². The second kappa shape index (κ2) is 3.94. The molecule has 1 heterocycles. The number of allylic oxidation sites excluding steroid dienone is 2. The summed E-state index contributed by atoms with van der Waals surface area (Å²) in [5.74, 6) is 0.117. The fourth-order valence-electron chi connectivity index (χ4n) is 0.847. The summed E-state index contributed by atoms with van der Waals surface area (Å²) >= 11 is 0. The molecule has 1 aromatic rings. The molecular formula is C10H12N2O. The van der Waals surface area contributed by atoms with E-state index in [-0.39, 0.29) is 11.6 Å². The maximum atomic E-state index is 11.4. The number of carbonyl (C=O) groups is 1. The average molecular weight is 176 g/mol. The third-order valence-electron chi connectivity index (χ3n) is 1.42. The molecule has 68 valence electrons. The second-order valence-electron chi connectivity index (χ2n) is 3.17. The molecule has 0 aliphatic carbocycles. The van der Waals surface area contributed by atoms with Crippen molar-refractivity contribution in [2.45, 2.75) is 20.8 Å². The predicted octanol–water partition coefficient (Wildman–Crippen LogP) is 1.93. The first kappa shape index (κ1) is 9.58. The van der Waals surface area contributed by atoms with Crippen molar-refractivity contribution in [3.63, 3.8) is 0 Å². The smallest absolute Gasteiger partial charge is 0.222 e. The zero-order valence-electron chi connectivity index (χ0n) is 8.03. The molecule has 1 rings (SSSR count). The fraction of sp³-hybridized carbons (Fsp3) is 0.300. The van der Waals surface area contributed by atoms with Crippen molar-refractivity contribution in [2.75, 3.05) is 0 Å². The highest BCUT2D eigenvalue weighted by molar-refractivity contribution is 6.01. The lowest BCUT2D eigenvalue weighted by Crippen LogP contribution is -2.02. The number of ketones is 1. The maximum Gasteiger partial charge on any atom is 0.222 e. The minimum Gasteiger partial charge on any atom is -0.286 e. The topological polar surface area (TPSA) is 42.9 Å². The van der Waals surface area contributed by atoms with Gasteiger partial charge in [-0.15, -0.1) is 0 Å². The van der Waals surface area contributed by atoms with Crippen LogP contribution in [0.2, 0.25) is 0 Å². The molecular weight excluding hydrogens is 164 g/mol. The summed E-state index contributed by atoms with van der Waals surface area (Å²) in [7, 11) is 0. The summed E-state index contributed by atoms with van der Waals surface area (Å²) in [4.78, 5) is 19.2. The van der Waals surface area contributed by atoms with Crippen LogP contribution >= 0.6 is 0 Å². The molecule has 0 spiro atoms. The Labute approximate surface area is 77.5 Å². The molecule has 0 amide bonds. The minimum atomic E-state index is -0.139. The lowest BCUT2D eigenvalue weighted by molar-refractivity contribution is 0.103. The molecule has 1 aromatic heterocycles. The summed E-state index contributed by atoms with van der Waals surface area (Å²) < 4.78 is 0. The first-order chi connectivity index (χ1) is 6.09. The summed E-state index contributed by atoms with van der Waals surface area (Å²) in [6.07, 6.45) is 4.81. The second-order valence-corrected chi connectivity index (χ2v) is 3.17.